The molecule has 0 spiro atoms. The minimum Gasteiger partial charge on any atom is -0.396 e. The summed E-state index contributed by atoms with van der Waals surface area (Å²) in [6.45, 7) is 10.5. The second kappa shape index (κ2) is 9.68. The average molecular weight is 551 g/mol. The van der Waals surface area contributed by atoms with Crippen LogP contribution in [0.25, 0.3) is 28.2 Å². The van der Waals surface area contributed by atoms with Gasteiger partial charge in [-0.15, -0.1) is 0 Å². The number of anilines is 2. The van der Waals surface area contributed by atoms with E-state index in [9.17, 15) is 4.79 Å². The molecule has 0 atom stereocenters. The standard InChI is InChI=1S/C26H31BrN8O/c1-15-11-18(30-22(36)14-34-9-7-33(4)8-10-34)5-6-21(15)35-16(2)12-19(17(35)3)25-31-24-23(28)20(27)13-29-26(24)32-25/h5-6,11-13H,7-10,14H2,1-4H3,(H,30,36)(H3,28,29,31,32). The van der Waals surface area contributed by atoms with Gasteiger partial charge in [0.2, 0.25) is 5.91 Å². The van der Waals surface area contributed by atoms with E-state index in [1.165, 1.54) is 0 Å². The highest BCUT2D eigenvalue weighted by molar-refractivity contribution is 9.10. The molecule has 188 valence electrons. The number of nitrogens with zero attached hydrogens (tertiary/aromatic N) is 5. The molecule has 0 bridgehead atoms. The van der Waals surface area contributed by atoms with Crippen molar-refractivity contribution in [2.75, 3.05) is 50.8 Å². The second-order valence-electron chi connectivity index (χ2n) is 9.55. The largest absolute Gasteiger partial charge is 0.396 e. The number of H-pyrrole nitrogens is 1. The Morgan fingerprint density at radius 2 is 1.92 bits per heavy atom. The Hall–Kier alpha value is -3.21. The van der Waals surface area contributed by atoms with E-state index < -0.39 is 0 Å². The SMILES string of the molecule is Cc1cc(NC(=O)CN2CCN(C)CC2)ccc1-n1c(C)cc(-c2nc3ncc(Br)c(N)c3[nH]2)c1C. The van der Waals surface area contributed by atoms with Gasteiger partial charge in [-0.3, -0.25) is 9.69 Å². The third-order valence-corrected chi connectivity index (χ3v) is 7.51. The number of likely N-dealkylation sites (N-methyl/N-ethyl adjacent to an activating group) is 1. The summed E-state index contributed by atoms with van der Waals surface area (Å²) < 4.78 is 2.95. The Kier molecular flexibility index (Phi) is 6.59. The van der Waals surface area contributed by atoms with Crippen molar-refractivity contribution in [2.45, 2.75) is 20.8 Å². The number of nitrogen functional groups attached to an aromatic ring is 1. The van der Waals surface area contributed by atoms with Gasteiger partial charge in [0.25, 0.3) is 0 Å². The summed E-state index contributed by atoms with van der Waals surface area (Å²) in [7, 11) is 2.11. The number of nitrogens with two attached hydrogens (primary N) is 1. The van der Waals surface area contributed by atoms with Gasteiger partial charge in [-0.05, 0) is 73.6 Å². The summed E-state index contributed by atoms with van der Waals surface area (Å²) in [6.07, 6.45) is 1.67. The van der Waals surface area contributed by atoms with Crippen molar-refractivity contribution >= 4 is 44.4 Å². The molecule has 1 amide bonds. The molecule has 10 heteroatoms. The van der Waals surface area contributed by atoms with Crippen molar-refractivity contribution in [3.05, 3.63) is 51.9 Å². The monoisotopic (exact) mass is 550 g/mol. The van der Waals surface area contributed by atoms with Crippen LogP contribution in [0.5, 0.6) is 0 Å². The molecule has 1 saturated heterocycles. The van der Waals surface area contributed by atoms with Gasteiger partial charge in [0.15, 0.2) is 5.65 Å². The van der Waals surface area contributed by atoms with Crippen molar-refractivity contribution in [3.63, 3.8) is 0 Å². The first kappa shape index (κ1) is 24.5. The van der Waals surface area contributed by atoms with E-state index in [1.807, 2.05) is 12.1 Å². The Balaban J connectivity index is 1.38. The molecule has 5 rings (SSSR count). The Morgan fingerprint density at radius 1 is 1.17 bits per heavy atom. The van der Waals surface area contributed by atoms with Crippen molar-refractivity contribution in [1.29, 1.82) is 0 Å². The molecule has 4 heterocycles. The van der Waals surface area contributed by atoms with Crippen LogP contribution in [0.4, 0.5) is 11.4 Å². The summed E-state index contributed by atoms with van der Waals surface area (Å²) in [5, 5.41) is 3.06. The van der Waals surface area contributed by atoms with Crippen LogP contribution >= 0.6 is 15.9 Å². The summed E-state index contributed by atoms with van der Waals surface area (Å²) in [4.78, 5) is 29.5. The molecule has 0 aliphatic carbocycles. The molecule has 3 aromatic heterocycles. The fourth-order valence-electron chi connectivity index (χ4n) is 4.85. The number of carbonyl (C=O) groups is 1. The highest BCUT2D eigenvalue weighted by Gasteiger charge is 2.19. The zero-order chi connectivity index (χ0) is 25.6. The third kappa shape index (κ3) is 4.63. The molecule has 1 fully saturated rings. The van der Waals surface area contributed by atoms with Crippen LogP contribution in [0.3, 0.4) is 0 Å². The minimum absolute atomic E-state index is 0.0201. The second-order valence-corrected chi connectivity index (χ2v) is 10.4. The molecule has 36 heavy (non-hydrogen) atoms. The highest BCUT2D eigenvalue weighted by Crippen LogP contribution is 2.33. The number of imidazole rings is 1. The van der Waals surface area contributed by atoms with E-state index in [0.717, 1.165) is 75.9 Å². The van der Waals surface area contributed by atoms with Crippen LogP contribution in [0.1, 0.15) is 17.0 Å². The number of benzene rings is 1. The van der Waals surface area contributed by atoms with Gasteiger partial charge in [0.05, 0.1) is 16.7 Å². The number of aromatic amines is 1. The quantitative estimate of drug-likeness (QED) is 0.348. The lowest BCUT2D eigenvalue weighted by Gasteiger charge is -2.31. The number of rotatable bonds is 5. The number of carbonyl (C=O) groups excluding carboxylic acids is 1. The number of hydrogen-bond donors (Lipinski definition) is 3. The third-order valence-electron chi connectivity index (χ3n) is 6.88. The summed E-state index contributed by atoms with van der Waals surface area (Å²) >= 11 is 3.43. The Morgan fingerprint density at radius 3 is 2.64 bits per heavy atom. The van der Waals surface area contributed by atoms with Crippen molar-refractivity contribution in [1.82, 2.24) is 29.3 Å². The first-order valence-corrected chi connectivity index (χ1v) is 12.8. The van der Waals surface area contributed by atoms with Crippen LogP contribution in [-0.4, -0.2) is 75.0 Å². The number of nitrogens with one attached hydrogen (secondary N) is 2. The van der Waals surface area contributed by atoms with Gasteiger partial charge in [0.1, 0.15) is 11.3 Å². The number of fused-ring (bicyclic) bond motifs is 1. The highest BCUT2D eigenvalue weighted by atomic mass is 79.9. The zero-order valence-electron chi connectivity index (χ0n) is 21.0. The van der Waals surface area contributed by atoms with Crippen LogP contribution < -0.4 is 11.1 Å². The molecule has 1 aliphatic heterocycles. The number of amides is 1. The number of aromatic nitrogens is 4. The first-order chi connectivity index (χ1) is 17.2. The number of pyridine rings is 1. The van der Waals surface area contributed by atoms with Crippen molar-refractivity contribution < 1.29 is 4.79 Å². The van der Waals surface area contributed by atoms with Crippen LogP contribution in [0, 0.1) is 20.8 Å². The van der Waals surface area contributed by atoms with Crippen LogP contribution in [0.15, 0.2) is 34.9 Å². The number of aryl methyl sites for hydroxylation is 2. The lowest BCUT2D eigenvalue weighted by atomic mass is 10.1. The van der Waals surface area contributed by atoms with E-state index in [0.29, 0.717) is 17.9 Å². The molecule has 0 unspecified atom stereocenters. The van der Waals surface area contributed by atoms with E-state index in [2.05, 4.69) is 90.5 Å². The predicted octanol–water partition coefficient (Wildman–Crippen LogP) is 3.87. The number of halogens is 1. The van der Waals surface area contributed by atoms with E-state index in [-0.39, 0.29) is 5.91 Å². The van der Waals surface area contributed by atoms with Gasteiger partial charge < -0.3 is 25.5 Å². The van der Waals surface area contributed by atoms with E-state index >= 15 is 0 Å². The van der Waals surface area contributed by atoms with Crippen LogP contribution in [0.2, 0.25) is 0 Å². The molecule has 9 nitrogen and oxygen atoms in total. The zero-order valence-corrected chi connectivity index (χ0v) is 22.6. The van der Waals surface area contributed by atoms with Gasteiger partial charge in [-0.2, -0.15) is 0 Å². The molecular formula is C26H31BrN8O. The maximum Gasteiger partial charge on any atom is 0.238 e. The number of piperazine rings is 1. The molecule has 0 radical (unpaired) electrons. The summed E-state index contributed by atoms with van der Waals surface area (Å²) in [5.41, 5.74) is 14.2. The Bertz CT molecular complexity index is 1450. The molecule has 1 aliphatic rings. The molecule has 0 saturated carbocycles. The van der Waals surface area contributed by atoms with Gasteiger partial charge >= 0.3 is 0 Å². The van der Waals surface area contributed by atoms with Gasteiger partial charge in [-0.25, -0.2) is 9.97 Å². The van der Waals surface area contributed by atoms with Gasteiger partial charge in [0, 0.05) is 60.7 Å². The fraction of sp³-hybridized carbons (Fsp3) is 0.346. The average Bonchev–Trinajstić information content (AvgIpc) is 3.39. The minimum atomic E-state index is 0.0201. The molecular weight excluding hydrogens is 520 g/mol. The van der Waals surface area contributed by atoms with Gasteiger partial charge in [-0.1, -0.05) is 0 Å². The number of hydrogen-bond acceptors (Lipinski definition) is 6. The Labute approximate surface area is 218 Å². The lowest BCUT2D eigenvalue weighted by molar-refractivity contribution is -0.117. The molecule has 1 aromatic carbocycles. The van der Waals surface area contributed by atoms with Crippen molar-refractivity contribution in [2.24, 2.45) is 0 Å². The normalized spacial score (nSPS) is 15.0. The summed E-state index contributed by atoms with van der Waals surface area (Å²) in [6, 6.07) is 8.16. The fourth-order valence-corrected chi connectivity index (χ4v) is 5.15. The molecule has 4 N–H and O–H groups in total. The maximum atomic E-state index is 12.6. The topological polar surface area (TPSA) is 108 Å². The predicted molar refractivity (Wildman–Crippen MR) is 148 cm³/mol. The van der Waals surface area contributed by atoms with E-state index in [1.54, 1.807) is 6.20 Å². The maximum absolute atomic E-state index is 12.6. The smallest absolute Gasteiger partial charge is 0.238 e. The summed E-state index contributed by atoms with van der Waals surface area (Å²) in [5.74, 6) is 0.749. The first-order valence-electron chi connectivity index (χ1n) is 12.0. The van der Waals surface area contributed by atoms with Crippen LogP contribution in [-0.2, 0) is 4.79 Å². The van der Waals surface area contributed by atoms with E-state index in [4.69, 9.17) is 5.73 Å². The molecule has 4 aromatic rings. The van der Waals surface area contributed by atoms with Crippen molar-refractivity contribution in [3.8, 4) is 17.1 Å². The lowest BCUT2D eigenvalue weighted by Crippen LogP contribution is -2.47.